The predicted molar refractivity (Wildman–Crippen MR) is 61.5 cm³/mol. The topological polar surface area (TPSA) is 40.5 Å². The molecule has 1 aromatic rings. The number of benzene rings is 1. The number of aliphatic hydroxyl groups excluding tert-OH is 2. The van der Waals surface area contributed by atoms with Gasteiger partial charge in [-0.1, -0.05) is 44.2 Å². The third kappa shape index (κ3) is 2.39. The highest BCUT2D eigenvalue weighted by Gasteiger charge is 2.34. The van der Waals surface area contributed by atoms with Gasteiger partial charge < -0.3 is 10.2 Å². The fraction of sp³-hybridized carbons (Fsp3) is 0.538. The van der Waals surface area contributed by atoms with Crippen molar-refractivity contribution in [1.82, 2.24) is 0 Å². The van der Waals surface area contributed by atoms with Gasteiger partial charge in [0.05, 0.1) is 12.7 Å². The van der Waals surface area contributed by atoms with Crippen molar-refractivity contribution in [2.24, 2.45) is 5.41 Å². The maximum Gasteiger partial charge on any atom is 0.0867 e. The molecule has 2 heteroatoms. The highest BCUT2D eigenvalue weighted by Crippen LogP contribution is 2.39. The van der Waals surface area contributed by atoms with E-state index < -0.39 is 11.5 Å². The Bertz CT molecular complexity index is 270. The van der Waals surface area contributed by atoms with Crippen molar-refractivity contribution in [3.05, 3.63) is 35.9 Å². The molecule has 15 heavy (non-hydrogen) atoms. The van der Waals surface area contributed by atoms with E-state index in [1.807, 2.05) is 44.2 Å². The monoisotopic (exact) mass is 208 g/mol. The molecular formula is C13H20O2. The normalized spacial score (nSPS) is 13.9. The van der Waals surface area contributed by atoms with Gasteiger partial charge in [-0.2, -0.15) is 0 Å². The van der Waals surface area contributed by atoms with Crippen LogP contribution in [0.15, 0.2) is 30.3 Å². The zero-order valence-electron chi connectivity index (χ0n) is 9.48. The molecule has 2 N–H and O–H groups in total. The zero-order valence-corrected chi connectivity index (χ0v) is 9.48. The zero-order chi connectivity index (χ0) is 11.3. The molecule has 0 saturated carbocycles. The van der Waals surface area contributed by atoms with E-state index in [0.29, 0.717) is 0 Å². The molecule has 2 nitrogen and oxygen atoms in total. The first-order valence-corrected chi connectivity index (χ1v) is 5.54. The van der Waals surface area contributed by atoms with Gasteiger partial charge in [-0.3, -0.25) is 0 Å². The molecule has 0 fully saturated rings. The van der Waals surface area contributed by atoms with Crippen LogP contribution < -0.4 is 0 Å². The maximum atomic E-state index is 10.3. The van der Waals surface area contributed by atoms with E-state index in [9.17, 15) is 10.2 Å². The summed E-state index contributed by atoms with van der Waals surface area (Å²) in [7, 11) is 0. The van der Waals surface area contributed by atoms with E-state index in [1.165, 1.54) is 0 Å². The van der Waals surface area contributed by atoms with Gasteiger partial charge in [0.15, 0.2) is 0 Å². The Morgan fingerprint density at radius 3 is 2.07 bits per heavy atom. The molecule has 0 bridgehead atoms. The van der Waals surface area contributed by atoms with Crippen LogP contribution in [0.3, 0.4) is 0 Å². The van der Waals surface area contributed by atoms with Crippen LogP contribution in [0.1, 0.15) is 38.4 Å². The summed E-state index contributed by atoms with van der Waals surface area (Å²) in [4.78, 5) is 0. The van der Waals surface area contributed by atoms with Gasteiger partial charge in [-0.15, -0.1) is 0 Å². The molecule has 0 aromatic heterocycles. The van der Waals surface area contributed by atoms with Crippen molar-refractivity contribution in [2.45, 2.75) is 32.8 Å². The summed E-state index contributed by atoms with van der Waals surface area (Å²) in [5.74, 6) is 0. The predicted octanol–water partition coefficient (Wildman–Crippen LogP) is 2.52. The van der Waals surface area contributed by atoms with Crippen molar-refractivity contribution in [1.29, 1.82) is 0 Å². The van der Waals surface area contributed by atoms with Crippen molar-refractivity contribution in [2.75, 3.05) is 6.61 Å². The lowest BCUT2D eigenvalue weighted by Crippen LogP contribution is -2.31. The average molecular weight is 208 g/mol. The minimum atomic E-state index is -0.585. The van der Waals surface area contributed by atoms with E-state index in [-0.39, 0.29) is 6.61 Å². The highest BCUT2D eigenvalue weighted by molar-refractivity contribution is 5.19. The highest BCUT2D eigenvalue weighted by atomic mass is 16.3. The van der Waals surface area contributed by atoms with Gasteiger partial charge >= 0.3 is 0 Å². The Balaban J connectivity index is 2.95. The van der Waals surface area contributed by atoms with Crippen molar-refractivity contribution < 1.29 is 10.2 Å². The van der Waals surface area contributed by atoms with Crippen LogP contribution in [-0.4, -0.2) is 16.8 Å². The summed E-state index contributed by atoms with van der Waals surface area (Å²) < 4.78 is 0. The lowest BCUT2D eigenvalue weighted by molar-refractivity contribution is -0.0257. The fourth-order valence-electron chi connectivity index (χ4n) is 1.94. The molecule has 0 aliphatic rings. The van der Waals surface area contributed by atoms with Crippen LogP contribution in [0, 0.1) is 5.41 Å². The third-order valence-corrected chi connectivity index (χ3v) is 3.42. The Kier molecular flexibility index (Phi) is 4.30. The van der Waals surface area contributed by atoms with Crippen LogP contribution in [0.5, 0.6) is 0 Å². The Labute approximate surface area is 91.6 Å². The second-order valence-electron chi connectivity index (χ2n) is 4.04. The molecule has 0 unspecified atom stereocenters. The molecular weight excluding hydrogens is 188 g/mol. The van der Waals surface area contributed by atoms with E-state index >= 15 is 0 Å². The second kappa shape index (κ2) is 5.29. The summed E-state index contributed by atoms with van der Waals surface area (Å²) in [5.41, 5.74) is 0.483. The molecule has 1 aromatic carbocycles. The quantitative estimate of drug-likeness (QED) is 0.780. The standard InChI is InChI=1S/C13H20O2/c1-3-13(4-2,10-14)12(15)11-8-6-5-7-9-11/h5-9,12,14-15H,3-4,10H2,1-2H3/t12-/m1/s1. The molecule has 0 aliphatic carbocycles. The van der Waals surface area contributed by atoms with E-state index in [1.54, 1.807) is 0 Å². The Morgan fingerprint density at radius 2 is 1.67 bits per heavy atom. The molecule has 84 valence electrons. The van der Waals surface area contributed by atoms with Crippen molar-refractivity contribution in [3.8, 4) is 0 Å². The third-order valence-electron chi connectivity index (χ3n) is 3.42. The van der Waals surface area contributed by atoms with Crippen LogP contribution in [-0.2, 0) is 0 Å². The number of hydrogen-bond donors (Lipinski definition) is 2. The molecule has 0 saturated heterocycles. The number of hydrogen-bond acceptors (Lipinski definition) is 2. The minimum absolute atomic E-state index is 0.0239. The first kappa shape index (κ1) is 12.2. The Morgan fingerprint density at radius 1 is 1.13 bits per heavy atom. The second-order valence-corrected chi connectivity index (χ2v) is 4.04. The van der Waals surface area contributed by atoms with E-state index in [4.69, 9.17) is 0 Å². The summed E-state index contributed by atoms with van der Waals surface area (Å²) in [5, 5.41) is 19.7. The molecule has 0 spiro atoms. The van der Waals surface area contributed by atoms with Crippen LogP contribution in [0.4, 0.5) is 0 Å². The van der Waals surface area contributed by atoms with Gasteiger partial charge in [0, 0.05) is 5.41 Å². The Hall–Kier alpha value is -0.860. The molecule has 1 rings (SSSR count). The van der Waals surface area contributed by atoms with Crippen molar-refractivity contribution >= 4 is 0 Å². The van der Waals surface area contributed by atoms with E-state index in [0.717, 1.165) is 18.4 Å². The largest absolute Gasteiger partial charge is 0.396 e. The maximum absolute atomic E-state index is 10.3. The summed E-state index contributed by atoms with van der Waals surface area (Å²) in [6.07, 6.45) is 0.963. The summed E-state index contributed by atoms with van der Waals surface area (Å²) in [6.45, 7) is 4.04. The smallest absolute Gasteiger partial charge is 0.0867 e. The fourth-order valence-corrected chi connectivity index (χ4v) is 1.94. The first-order chi connectivity index (χ1) is 7.20. The van der Waals surface area contributed by atoms with E-state index in [2.05, 4.69) is 0 Å². The van der Waals surface area contributed by atoms with Gasteiger partial charge in [0.1, 0.15) is 0 Å². The van der Waals surface area contributed by atoms with Crippen LogP contribution in [0.2, 0.25) is 0 Å². The SMILES string of the molecule is CCC(CC)(CO)[C@H](O)c1ccccc1. The number of rotatable bonds is 5. The molecule has 0 aliphatic heterocycles. The molecule has 0 heterocycles. The van der Waals surface area contributed by atoms with Gasteiger partial charge in [-0.25, -0.2) is 0 Å². The van der Waals surface area contributed by atoms with Crippen LogP contribution >= 0.6 is 0 Å². The van der Waals surface area contributed by atoms with Crippen LogP contribution in [0.25, 0.3) is 0 Å². The molecule has 0 amide bonds. The molecule has 1 atom stereocenters. The number of aliphatic hydroxyl groups is 2. The lowest BCUT2D eigenvalue weighted by Gasteiger charge is -2.34. The first-order valence-electron chi connectivity index (χ1n) is 5.54. The summed E-state index contributed by atoms with van der Waals surface area (Å²) >= 11 is 0. The molecule has 0 radical (unpaired) electrons. The lowest BCUT2D eigenvalue weighted by atomic mass is 9.75. The van der Waals surface area contributed by atoms with Gasteiger partial charge in [0.25, 0.3) is 0 Å². The summed E-state index contributed by atoms with van der Waals surface area (Å²) in [6, 6.07) is 9.55. The minimum Gasteiger partial charge on any atom is -0.396 e. The van der Waals surface area contributed by atoms with Gasteiger partial charge in [0.2, 0.25) is 0 Å². The van der Waals surface area contributed by atoms with Crippen molar-refractivity contribution in [3.63, 3.8) is 0 Å². The van der Waals surface area contributed by atoms with Gasteiger partial charge in [-0.05, 0) is 18.4 Å². The average Bonchev–Trinajstić information content (AvgIpc) is 2.33.